The van der Waals surface area contributed by atoms with Gasteiger partial charge in [0.1, 0.15) is 5.69 Å². The van der Waals surface area contributed by atoms with Gasteiger partial charge in [0.25, 0.3) is 0 Å². The van der Waals surface area contributed by atoms with Crippen LogP contribution in [0.4, 0.5) is 5.82 Å². The highest BCUT2D eigenvalue weighted by atomic mass is 16.3. The van der Waals surface area contributed by atoms with E-state index in [9.17, 15) is 5.11 Å². The van der Waals surface area contributed by atoms with E-state index in [2.05, 4.69) is 61.4 Å². The first kappa shape index (κ1) is 23.4. The highest BCUT2D eigenvalue weighted by molar-refractivity contribution is 5.99. The molecule has 35 heavy (non-hydrogen) atoms. The summed E-state index contributed by atoms with van der Waals surface area (Å²) >= 11 is 0. The molecule has 1 N–H and O–H groups in total. The number of nitrogens with zero attached hydrogens (tertiary/aromatic N) is 7. The number of pyridine rings is 1. The number of hydrogen-bond acceptors (Lipinski definition) is 7. The molecule has 4 heterocycles. The van der Waals surface area contributed by atoms with Crippen LogP contribution in [0.2, 0.25) is 0 Å². The molecule has 0 atom stereocenters. The summed E-state index contributed by atoms with van der Waals surface area (Å²) in [4.78, 5) is 9.33. The molecule has 4 aromatic rings. The maximum atomic E-state index is 10.2. The SMILES string of the molecule is CN(Cc1ccc(C(C)(C)O)cn1)C1CCN(c2nnc(-c3ccnn3C)c3ccccc23)CC1. The Morgan fingerprint density at radius 3 is 2.40 bits per heavy atom. The van der Waals surface area contributed by atoms with Crippen molar-refractivity contribution in [1.29, 1.82) is 0 Å². The number of benzene rings is 1. The lowest BCUT2D eigenvalue weighted by molar-refractivity contribution is 0.0781. The molecule has 8 nitrogen and oxygen atoms in total. The molecule has 1 aromatic carbocycles. The second-order valence-electron chi connectivity index (χ2n) is 9.99. The van der Waals surface area contributed by atoms with E-state index in [1.54, 1.807) is 26.2 Å². The third-order valence-corrected chi connectivity index (χ3v) is 7.06. The molecule has 0 radical (unpaired) electrons. The van der Waals surface area contributed by atoms with E-state index in [4.69, 9.17) is 0 Å². The molecule has 3 aromatic heterocycles. The first-order valence-corrected chi connectivity index (χ1v) is 12.2. The zero-order valence-corrected chi connectivity index (χ0v) is 20.9. The Bertz CT molecular complexity index is 1300. The van der Waals surface area contributed by atoms with Gasteiger partial charge < -0.3 is 10.0 Å². The van der Waals surface area contributed by atoms with Gasteiger partial charge in [-0.1, -0.05) is 30.3 Å². The van der Waals surface area contributed by atoms with E-state index in [0.717, 1.165) is 71.7 Å². The van der Waals surface area contributed by atoms with E-state index in [0.29, 0.717) is 6.04 Å². The third-order valence-electron chi connectivity index (χ3n) is 7.06. The Kier molecular flexibility index (Phi) is 6.25. The molecular formula is C27H33N7O. The lowest BCUT2D eigenvalue weighted by Gasteiger charge is -2.37. The van der Waals surface area contributed by atoms with Crippen molar-refractivity contribution >= 4 is 16.6 Å². The second-order valence-corrected chi connectivity index (χ2v) is 9.99. The molecule has 1 fully saturated rings. The second kappa shape index (κ2) is 9.36. The summed E-state index contributed by atoms with van der Waals surface area (Å²) in [6.07, 6.45) is 5.68. The van der Waals surface area contributed by atoms with E-state index in [1.165, 1.54) is 0 Å². The summed E-state index contributed by atoms with van der Waals surface area (Å²) in [5.41, 5.74) is 2.81. The summed E-state index contributed by atoms with van der Waals surface area (Å²) in [5, 5.41) is 26.0. The number of aliphatic hydroxyl groups is 1. The van der Waals surface area contributed by atoms with Gasteiger partial charge in [0.05, 0.1) is 17.0 Å². The smallest absolute Gasteiger partial charge is 0.159 e. The van der Waals surface area contributed by atoms with E-state index < -0.39 is 5.60 Å². The van der Waals surface area contributed by atoms with Gasteiger partial charge in [-0.05, 0) is 45.9 Å². The molecule has 0 aliphatic carbocycles. The van der Waals surface area contributed by atoms with Crippen molar-refractivity contribution in [2.75, 3.05) is 25.0 Å². The number of hydrogen-bond donors (Lipinski definition) is 1. The van der Waals surface area contributed by atoms with Gasteiger partial charge in [-0.2, -0.15) is 5.10 Å². The number of fused-ring (bicyclic) bond motifs is 1. The summed E-state index contributed by atoms with van der Waals surface area (Å²) in [5.74, 6) is 0.955. The first-order valence-electron chi connectivity index (χ1n) is 12.2. The monoisotopic (exact) mass is 471 g/mol. The number of rotatable bonds is 6. The zero-order valence-electron chi connectivity index (χ0n) is 20.9. The Labute approximate surface area is 206 Å². The van der Waals surface area contributed by atoms with Crippen LogP contribution >= 0.6 is 0 Å². The average Bonchev–Trinajstić information content (AvgIpc) is 3.29. The summed E-state index contributed by atoms with van der Waals surface area (Å²) in [6.45, 7) is 6.22. The lowest BCUT2D eigenvalue weighted by Crippen LogP contribution is -2.43. The minimum atomic E-state index is -0.868. The number of aromatic nitrogens is 5. The molecule has 8 heteroatoms. The molecular weight excluding hydrogens is 438 g/mol. The predicted molar refractivity (Wildman–Crippen MR) is 138 cm³/mol. The molecule has 5 rings (SSSR count). The van der Waals surface area contributed by atoms with Gasteiger partial charge in [0.2, 0.25) is 0 Å². The van der Waals surface area contributed by atoms with Gasteiger partial charge in [0.15, 0.2) is 5.82 Å². The summed E-state index contributed by atoms with van der Waals surface area (Å²) in [7, 11) is 4.10. The van der Waals surface area contributed by atoms with Crippen LogP contribution in [0.25, 0.3) is 22.2 Å². The van der Waals surface area contributed by atoms with Crippen LogP contribution in [-0.2, 0) is 19.2 Å². The van der Waals surface area contributed by atoms with Crippen molar-refractivity contribution in [3.63, 3.8) is 0 Å². The van der Waals surface area contributed by atoms with Crippen molar-refractivity contribution < 1.29 is 5.11 Å². The third kappa shape index (κ3) is 4.76. The molecule has 182 valence electrons. The molecule has 0 spiro atoms. The van der Waals surface area contributed by atoms with Gasteiger partial charge in [-0.15, -0.1) is 10.2 Å². The Hall–Kier alpha value is -3.36. The summed E-state index contributed by atoms with van der Waals surface area (Å²) < 4.78 is 1.84. The zero-order chi connectivity index (χ0) is 24.6. The average molecular weight is 472 g/mol. The van der Waals surface area contributed by atoms with Gasteiger partial charge in [-0.3, -0.25) is 14.6 Å². The number of piperidine rings is 1. The van der Waals surface area contributed by atoms with Gasteiger partial charge in [0, 0.05) is 61.5 Å². The standard InChI is InChI=1S/C27H33N7O/c1-27(2,35)19-9-10-20(28-17-19)18-32(3)21-12-15-34(16-13-21)26-23-8-6-5-7-22(23)25(30-31-26)24-11-14-29-33(24)4/h5-11,14,17,21,35H,12-13,15-16,18H2,1-4H3. The van der Waals surface area contributed by atoms with E-state index in [1.807, 2.05) is 29.9 Å². The van der Waals surface area contributed by atoms with E-state index in [-0.39, 0.29) is 0 Å². The molecule has 0 saturated carbocycles. The van der Waals surface area contributed by atoms with Crippen LogP contribution in [-0.4, -0.2) is 61.1 Å². The minimum absolute atomic E-state index is 0.481. The first-order chi connectivity index (χ1) is 16.8. The fourth-order valence-corrected chi connectivity index (χ4v) is 4.90. The number of aryl methyl sites for hydroxylation is 1. The molecule has 0 unspecified atom stereocenters. The topological polar surface area (TPSA) is 83.2 Å². The van der Waals surface area contributed by atoms with E-state index >= 15 is 0 Å². The van der Waals surface area contributed by atoms with Crippen LogP contribution < -0.4 is 4.90 Å². The maximum absolute atomic E-state index is 10.2. The van der Waals surface area contributed by atoms with Gasteiger partial charge in [-0.25, -0.2) is 0 Å². The molecule has 1 saturated heterocycles. The Balaban J connectivity index is 1.28. The number of anilines is 1. The van der Waals surface area contributed by atoms with Gasteiger partial charge >= 0.3 is 0 Å². The fraction of sp³-hybridized carbons (Fsp3) is 0.407. The minimum Gasteiger partial charge on any atom is -0.386 e. The highest BCUT2D eigenvalue weighted by Crippen LogP contribution is 2.32. The van der Waals surface area contributed by atoms with Crippen molar-refractivity contribution in [2.45, 2.75) is 44.9 Å². The van der Waals surface area contributed by atoms with Crippen LogP contribution in [0.15, 0.2) is 54.9 Å². The van der Waals surface area contributed by atoms with Crippen LogP contribution in [0.3, 0.4) is 0 Å². The lowest BCUT2D eigenvalue weighted by atomic mass is 10.00. The quantitative estimate of drug-likeness (QED) is 0.458. The fourth-order valence-electron chi connectivity index (χ4n) is 4.90. The molecule has 0 amide bonds. The Morgan fingerprint density at radius 2 is 1.77 bits per heavy atom. The maximum Gasteiger partial charge on any atom is 0.159 e. The molecule has 1 aliphatic rings. The van der Waals surface area contributed by atoms with Crippen molar-refractivity contribution in [2.24, 2.45) is 7.05 Å². The summed E-state index contributed by atoms with van der Waals surface area (Å²) in [6, 6.07) is 14.8. The van der Waals surface area contributed by atoms with Crippen LogP contribution in [0, 0.1) is 0 Å². The van der Waals surface area contributed by atoms with Crippen molar-refractivity contribution in [3.05, 3.63) is 66.1 Å². The normalized spacial score (nSPS) is 15.3. The highest BCUT2D eigenvalue weighted by Gasteiger charge is 2.26. The Morgan fingerprint density at radius 1 is 1.03 bits per heavy atom. The van der Waals surface area contributed by atoms with Crippen molar-refractivity contribution in [1.82, 2.24) is 29.9 Å². The molecule has 0 bridgehead atoms. The largest absolute Gasteiger partial charge is 0.386 e. The van der Waals surface area contributed by atoms with Crippen LogP contribution in [0.1, 0.15) is 37.9 Å². The van der Waals surface area contributed by atoms with Crippen molar-refractivity contribution in [3.8, 4) is 11.4 Å². The van der Waals surface area contributed by atoms with Crippen LogP contribution in [0.5, 0.6) is 0 Å². The molecule has 1 aliphatic heterocycles. The predicted octanol–water partition coefficient (Wildman–Crippen LogP) is 3.75.